The van der Waals surface area contributed by atoms with E-state index in [4.69, 9.17) is 27.9 Å². The molecule has 0 aliphatic carbocycles. The standard InChI is InChI=1S/C24H18Cl2F3N3O2/c25-17-12-20(26)22(30-14-17)32-11-1-2-21(32)23(33)31-13-15-3-7-18(8-4-15)34-19-9-5-16(6-10-19)24(27,28)29/h1,3-12,14,21H,2,13H2,(H,31,33). The molecule has 1 N–H and O–H groups in total. The van der Waals surface area contributed by atoms with Gasteiger partial charge in [0.2, 0.25) is 5.91 Å². The summed E-state index contributed by atoms with van der Waals surface area (Å²) in [5.74, 6) is 1.01. The molecular weight excluding hydrogens is 490 g/mol. The van der Waals surface area contributed by atoms with Crippen LogP contribution >= 0.6 is 23.2 Å². The Bertz CT molecular complexity index is 1200. The molecule has 1 aromatic heterocycles. The van der Waals surface area contributed by atoms with E-state index in [1.807, 2.05) is 6.08 Å². The van der Waals surface area contributed by atoms with Gasteiger partial charge in [0.15, 0.2) is 5.82 Å². The third kappa shape index (κ3) is 5.63. The first-order valence-electron chi connectivity index (χ1n) is 10.2. The highest BCUT2D eigenvalue weighted by molar-refractivity contribution is 6.36. The number of hydrogen-bond acceptors (Lipinski definition) is 4. The maximum Gasteiger partial charge on any atom is 0.416 e. The van der Waals surface area contributed by atoms with E-state index in [0.29, 0.717) is 28.0 Å². The molecule has 0 radical (unpaired) electrons. The molecule has 0 spiro atoms. The lowest BCUT2D eigenvalue weighted by Gasteiger charge is -2.24. The summed E-state index contributed by atoms with van der Waals surface area (Å²) < 4.78 is 43.6. The number of pyridine rings is 1. The molecule has 0 saturated heterocycles. The number of rotatable bonds is 6. The van der Waals surface area contributed by atoms with Crippen LogP contribution in [-0.2, 0) is 17.5 Å². The van der Waals surface area contributed by atoms with Crippen LogP contribution in [0, 0.1) is 0 Å². The Hall–Kier alpha value is -3.23. The summed E-state index contributed by atoms with van der Waals surface area (Å²) in [7, 11) is 0. The monoisotopic (exact) mass is 507 g/mol. The van der Waals surface area contributed by atoms with Crippen LogP contribution in [0.15, 0.2) is 73.1 Å². The van der Waals surface area contributed by atoms with Gasteiger partial charge in [0.25, 0.3) is 0 Å². The number of alkyl halides is 3. The van der Waals surface area contributed by atoms with Gasteiger partial charge in [0.05, 0.1) is 15.6 Å². The minimum atomic E-state index is -4.40. The molecule has 1 atom stereocenters. The number of ether oxygens (including phenoxy) is 1. The maximum atomic E-state index is 12.8. The Labute approximate surface area is 203 Å². The van der Waals surface area contributed by atoms with Crippen molar-refractivity contribution in [1.29, 1.82) is 0 Å². The van der Waals surface area contributed by atoms with Crippen LogP contribution in [0.3, 0.4) is 0 Å². The zero-order valence-electron chi connectivity index (χ0n) is 17.5. The first-order chi connectivity index (χ1) is 16.2. The number of anilines is 1. The van der Waals surface area contributed by atoms with Crippen LogP contribution in [0.1, 0.15) is 17.5 Å². The van der Waals surface area contributed by atoms with E-state index in [2.05, 4.69) is 10.3 Å². The molecule has 2 heterocycles. The van der Waals surface area contributed by atoms with Crippen LogP contribution in [0.2, 0.25) is 10.0 Å². The molecule has 0 bridgehead atoms. The molecular formula is C24H18Cl2F3N3O2. The lowest BCUT2D eigenvalue weighted by atomic mass is 10.1. The molecule has 1 unspecified atom stereocenters. The van der Waals surface area contributed by atoms with Crippen LogP contribution in [-0.4, -0.2) is 16.9 Å². The summed E-state index contributed by atoms with van der Waals surface area (Å²) in [5.41, 5.74) is 0.0874. The van der Waals surface area contributed by atoms with Gasteiger partial charge in [0.1, 0.15) is 17.5 Å². The first kappa shape index (κ1) is 23.9. The zero-order valence-corrected chi connectivity index (χ0v) is 19.0. The summed E-state index contributed by atoms with van der Waals surface area (Å²) >= 11 is 12.1. The predicted molar refractivity (Wildman–Crippen MR) is 124 cm³/mol. The Morgan fingerprint density at radius 2 is 1.74 bits per heavy atom. The third-order valence-corrected chi connectivity index (χ3v) is 5.59. The van der Waals surface area contributed by atoms with Gasteiger partial charge in [-0.3, -0.25) is 4.79 Å². The minimum absolute atomic E-state index is 0.192. The molecule has 176 valence electrons. The Kier molecular flexibility index (Phi) is 7.00. The Morgan fingerprint density at radius 1 is 1.09 bits per heavy atom. The van der Waals surface area contributed by atoms with Crippen LogP contribution in [0.5, 0.6) is 11.5 Å². The number of amides is 1. The molecule has 1 aliphatic rings. The smallest absolute Gasteiger partial charge is 0.416 e. The molecule has 1 aliphatic heterocycles. The second-order valence-corrected chi connectivity index (χ2v) is 8.33. The highest BCUT2D eigenvalue weighted by atomic mass is 35.5. The summed E-state index contributed by atoms with van der Waals surface area (Å²) in [6.45, 7) is 0.283. The average molecular weight is 508 g/mol. The van der Waals surface area contributed by atoms with Crippen molar-refractivity contribution in [2.24, 2.45) is 0 Å². The number of hydrogen-bond donors (Lipinski definition) is 1. The quantitative estimate of drug-likeness (QED) is 0.407. The Morgan fingerprint density at radius 3 is 2.35 bits per heavy atom. The molecule has 34 heavy (non-hydrogen) atoms. The summed E-state index contributed by atoms with van der Waals surface area (Å²) in [4.78, 5) is 18.7. The highest BCUT2D eigenvalue weighted by Crippen LogP contribution is 2.32. The van der Waals surface area contributed by atoms with Crippen molar-refractivity contribution < 1.29 is 22.7 Å². The fourth-order valence-corrected chi connectivity index (χ4v) is 3.88. The maximum absolute atomic E-state index is 12.8. The zero-order chi connectivity index (χ0) is 24.3. The van der Waals surface area contributed by atoms with Crippen molar-refractivity contribution in [2.75, 3.05) is 4.90 Å². The largest absolute Gasteiger partial charge is 0.457 e. The fourth-order valence-electron chi connectivity index (χ4n) is 3.40. The normalized spacial score (nSPS) is 15.4. The van der Waals surface area contributed by atoms with E-state index in [1.165, 1.54) is 18.3 Å². The fraction of sp³-hybridized carbons (Fsp3) is 0.167. The molecule has 0 saturated carbocycles. The van der Waals surface area contributed by atoms with Crippen molar-refractivity contribution in [3.63, 3.8) is 0 Å². The lowest BCUT2D eigenvalue weighted by Crippen LogP contribution is -2.42. The number of benzene rings is 2. The molecule has 0 fully saturated rings. The summed E-state index contributed by atoms with van der Waals surface area (Å²) in [6.07, 6.45) is 1.21. The number of carbonyl (C=O) groups excluding carboxylic acids is 1. The van der Waals surface area contributed by atoms with Crippen LogP contribution < -0.4 is 15.0 Å². The number of carbonyl (C=O) groups is 1. The van der Waals surface area contributed by atoms with Gasteiger partial charge in [-0.2, -0.15) is 13.2 Å². The van der Waals surface area contributed by atoms with Crippen LogP contribution in [0.25, 0.3) is 0 Å². The van der Waals surface area contributed by atoms with E-state index in [1.54, 1.807) is 41.4 Å². The van der Waals surface area contributed by atoms with E-state index >= 15 is 0 Å². The molecule has 4 rings (SSSR count). The summed E-state index contributed by atoms with van der Waals surface area (Å²) in [5, 5.41) is 3.65. The van der Waals surface area contributed by atoms with Gasteiger partial charge < -0.3 is 15.0 Å². The van der Waals surface area contributed by atoms with Crippen LogP contribution in [0.4, 0.5) is 19.0 Å². The Balaban J connectivity index is 1.33. The van der Waals surface area contributed by atoms with Crippen molar-refractivity contribution in [1.82, 2.24) is 10.3 Å². The number of nitrogens with zero attached hydrogens (tertiary/aromatic N) is 2. The van der Waals surface area contributed by atoms with Gasteiger partial charge in [0, 0.05) is 18.9 Å². The van der Waals surface area contributed by atoms with E-state index in [-0.39, 0.29) is 18.2 Å². The third-order valence-electron chi connectivity index (χ3n) is 5.10. The highest BCUT2D eigenvalue weighted by Gasteiger charge is 2.30. The van der Waals surface area contributed by atoms with Gasteiger partial charge in [-0.15, -0.1) is 0 Å². The second-order valence-electron chi connectivity index (χ2n) is 7.49. The SMILES string of the molecule is O=C(NCc1ccc(Oc2ccc(C(F)(F)F)cc2)cc1)C1CC=CN1c1ncc(Cl)cc1Cl. The number of nitrogens with one attached hydrogen (secondary N) is 1. The molecule has 10 heteroatoms. The molecule has 3 aromatic rings. The van der Waals surface area contributed by atoms with Gasteiger partial charge in [-0.05, 0) is 54.4 Å². The molecule has 2 aromatic carbocycles. The lowest BCUT2D eigenvalue weighted by molar-refractivity contribution is -0.137. The van der Waals surface area contributed by atoms with E-state index < -0.39 is 17.8 Å². The first-order valence-corrected chi connectivity index (χ1v) is 10.9. The van der Waals surface area contributed by atoms with E-state index in [0.717, 1.165) is 17.7 Å². The minimum Gasteiger partial charge on any atom is -0.457 e. The van der Waals surface area contributed by atoms with Crippen molar-refractivity contribution in [3.8, 4) is 11.5 Å². The van der Waals surface area contributed by atoms with Gasteiger partial charge in [-0.25, -0.2) is 4.98 Å². The van der Waals surface area contributed by atoms with E-state index in [9.17, 15) is 18.0 Å². The van der Waals surface area contributed by atoms with Gasteiger partial charge >= 0.3 is 6.18 Å². The topological polar surface area (TPSA) is 54.5 Å². The number of halogens is 5. The molecule has 5 nitrogen and oxygen atoms in total. The van der Waals surface area contributed by atoms with Crippen molar-refractivity contribution in [2.45, 2.75) is 25.2 Å². The average Bonchev–Trinajstić information content (AvgIpc) is 3.28. The predicted octanol–water partition coefficient (Wildman–Crippen LogP) is 6.61. The van der Waals surface area contributed by atoms with Crippen molar-refractivity contribution >= 4 is 34.9 Å². The number of aromatic nitrogens is 1. The van der Waals surface area contributed by atoms with Gasteiger partial charge in [-0.1, -0.05) is 41.4 Å². The van der Waals surface area contributed by atoms with Crippen molar-refractivity contribution in [3.05, 3.63) is 94.2 Å². The molecule has 1 amide bonds. The second kappa shape index (κ2) is 9.95. The summed E-state index contributed by atoms with van der Waals surface area (Å²) in [6, 6.07) is 12.4.